The molecule has 0 saturated heterocycles. The smallest absolute Gasteiger partial charge is 0.252 e. The number of halogens is 2. The number of nitrogens with one attached hydrogen (secondary N) is 1. The molecule has 1 saturated carbocycles. The van der Waals surface area contributed by atoms with E-state index in [1.165, 1.54) is 37.8 Å². The third-order valence-electron chi connectivity index (χ3n) is 4.21. The topological polar surface area (TPSA) is 29.1 Å². The first-order valence-electron chi connectivity index (χ1n) is 6.79. The summed E-state index contributed by atoms with van der Waals surface area (Å²) in [6, 6.07) is 4.17. The molecule has 1 aliphatic rings. The molecule has 0 bridgehead atoms. The van der Waals surface area contributed by atoms with Crippen molar-refractivity contribution in [2.45, 2.75) is 39.0 Å². The van der Waals surface area contributed by atoms with Crippen LogP contribution >= 0.6 is 15.9 Å². The molecule has 1 aromatic rings. The number of carbonyl (C=O) groups excluding carboxylic acids is 1. The molecule has 1 aliphatic carbocycles. The monoisotopic (exact) mass is 327 g/mol. The van der Waals surface area contributed by atoms with Crippen molar-refractivity contribution in [1.82, 2.24) is 5.32 Å². The summed E-state index contributed by atoms with van der Waals surface area (Å²) in [5.74, 6) is -0.592. The molecule has 0 spiro atoms. The maximum Gasteiger partial charge on any atom is 0.252 e. The fourth-order valence-electron chi connectivity index (χ4n) is 2.81. The van der Waals surface area contributed by atoms with Gasteiger partial charge in [-0.3, -0.25) is 4.79 Å². The summed E-state index contributed by atoms with van der Waals surface area (Å²) >= 11 is 3.29. The number of hydrogen-bond acceptors (Lipinski definition) is 1. The Labute approximate surface area is 121 Å². The van der Waals surface area contributed by atoms with Crippen LogP contribution in [0, 0.1) is 11.2 Å². The van der Waals surface area contributed by atoms with Gasteiger partial charge in [0.25, 0.3) is 5.91 Å². The van der Waals surface area contributed by atoms with Gasteiger partial charge in [-0.1, -0.05) is 19.8 Å². The fraction of sp³-hybridized carbons (Fsp3) is 0.533. The van der Waals surface area contributed by atoms with Crippen LogP contribution in [0.25, 0.3) is 0 Å². The van der Waals surface area contributed by atoms with Gasteiger partial charge in [0, 0.05) is 11.0 Å². The zero-order valence-corrected chi connectivity index (χ0v) is 12.7. The van der Waals surface area contributed by atoms with E-state index in [1.54, 1.807) is 6.07 Å². The van der Waals surface area contributed by atoms with E-state index >= 15 is 0 Å². The largest absolute Gasteiger partial charge is 0.351 e. The van der Waals surface area contributed by atoms with Gasteiger partial charge in [-0.25, -0.2) is 4.39 Å². The number of benzene rings is 1. The molecule has 0 heterocycles. The van der Waals surface area contributed by atoms with Crippen LogP contribution in [0.15, 0.2) is 22.7 Å². The van der Waals surface area contributed by atoms with Gasteiger partial charge >= 0.3 is 0 Å². The third kappa shape index (κ3) is 3.35. The lowest BCUT2D eigenvalue weighted by Crippen LogP contribution is -2.35. The number of rotatable bonds is 4. The van der Waals surface area contributed by atoms with Gasteiger partial charge in [0.2, 0.25) is 0 Å². The summed E-state index contributed by atoms with van der Waals surface area (Å²) in [5.41, 5.74) is 0.611. The van der Waals surface area contributed by atoms with Gasteiger partial charge < -0.3 is 5.32 Å². The standard InChI is InChI=1S/C15H19BrFNO/c1-2-15(7-3-4-8-15)10-18-14(19)12-9-11(17)5-6-13(12)16/h5-6,9H,2-4,7-8,10H2,1H3,(H,18,19). The van der Waals surface area contributed by atoms with Crippen molar-refractivity contribution in [2.75, 3.05) is 6.54 Å². The van der Waals surface area contributed by atoms with Crippen molar-refractivity contribution in [3.8, 4) is 0 Å². The average Bonchev–Trinajstić information content (AvgIpc) is 2.88. The van der Waals surface area contributed by atoms with E-state index in [1.807, 2.05) is 0 Å². The molecular formula is C15H19BrFNO. The predicted octanol–water partition coefficient (Wildman–Crippen LogP) is 4.29. The summed E-state index contributed by atoms with van der Waals surface area (Å²) in [6.45, 7) is 2.86. The zero-order valence-electron chi connectivity index (χ0n) is 11.1. The molecule has 0 aromatic heterocycles. The van der Waals surface area contributed by atoms with E-state index in [4.69, 9.17) is 0 Å². The SMILES string of the molecule is CCC1(CNC(=O)c2cc(F)ccc2Br)CCCC1. The molecule has 0 radical (unpaired) electrons. The Hall–Kier alpha value is -0.900. The number of carbonyl (C=O) groups is 1. The molecule has 1 amide bonds. The first-order chi connectivity index (χ1) is 9.06. The highest BCUT2D eigenvalue weighted by molar-refractivity contribution is 9.10. The maximum absolute atomic E-state index is 13.2. The Balaban J connectivity index is 2.03. The van der Waals surface area contributed by atoms with Crippen LogP contribution in [0.4, 0.5) is 4.39 Å². The second-order valence-electron chi connectivity index (χ2n) is 5.37. The van der Waals surface area contributed by atoms with Crippen molar-refractivity contribution in [2.24, 2.45) is 5.41 Å². The van der Waals surface area contributed by atoms with E-state index in [9.17, 15) is 9.18 Å². The Bertz CT molecular complexity index is 469. The van der Waals surface area contributed by atoms with Crippen molar-refractivity contribution < 1.29 is 9.18 Å². The molecule has 1 fully saturated rings. The van der Waals surface area contributed by atoms with Gasteiger partial charge in [-0.2, -0.15) is 0 Å². The Morgan fingerprint density at radius 1 is 1.42 bits per heavy atom. The lowest BCUT2D eigenvalue weighted by molar-refractivity contribution is 0.0927. The lowest BCUT2D eigenvalue weighted by atomic mass is 9.83. The molecule has 1 aromatic carbocycles. The lowest BCUT2D eigenvalue weighted by Gasteiger charge is -2.27. The second kappa shape index (κ2) is 6.04. The highest BCUT2D eigenvalue weighted by Crippen LogP contribution is 2.40. The van der Waals surface area contributed by atoms with Gasteiger partial charge in [0.15, 0.2) is 0 Å². The van der Waals surface area contributed by atoms with Crippen LogP contribution in [-0.2, 0) is 0 Å². The minimum absolute atomic E-state index is 0.203. The van der Waals surface area contributed by atoms with Crippen molar-refractivity contribution >= 4 is 21.8 Å². The maximum atomic E-state index is 13.2. The van der Waals surface area contributed by atoms with Crippen LogP contribution in [0.3, 0.4) is 0 Å². The van der Waals surface area contributed by atoms with E-state index < -0.39 is 0 Å². The van der Waals surface area contributed by atoms with Crippen LogP contribution < -0.4 is 5.32 Å². The van der Waals surface area contributed by atoms with Crippen molar-refractivity contribution in [1.29, 1.82) is 0 Å². The Morgan fingerprint density at radius 3 is 2.74 bits per heavy atom. The summed E-state index contributed by atoms with van der Waals surface area (Å²) in [5, 5.41) is 2.97. The van der Waals surface area contributed by atoms with Crippen molar-refractivity contribution in [3.05, 3.63) is 34.1 Å². The number of amides is 1. The number of hydrogen-bond donors (Lipinski definition) is 1. The second-order valence-corrected chi connectivity index (χ2v) is 6.22. The molecule has 0 unspecified atom stereocenters. The summed E-state index contributed by atoms with van der Waals surface area (Å²) in [7, 11) is 0. The van der Waals surface area contributed by atoms with Gasteiger partial charge in [-0.05, 0) is 58.8 Å². The van der Waals surface area contributed by atoms with Crippen LogP contribution in [-0.4, -0.2) is 12.5 Å². The molecule has 0 atom stereocenters. The van der Waals surface area contributed by atoms with Crippen LogP contribution in [0.5, 0.6) is 0 Å². The Morgan fingerprint density at radius 2 is 2.11 bits per heavy atom. The normalized spacial score (nSPS) is 17.4. The summed E-state index contributed by atoms with van der Waals surface area (Å²) in [6.07, 6.45) is 5.92. The van der Waals surface area contributed by atoms with E-state index in [0.29, 0.717) is 16.6 Å². The Kier molecular flexibility index (Phi) is 4.61. The first kappa shape index (κ1) is 14.5. The molecule has 2 nitrogen and oxygen atoms in total. The van der Waals surface area contributed by atoms with Crippen molar-refractivity contribution in [3.63, 3.8) is 0 Å². The van der Waals surface area contributed by atoms with Crippen LogP contribution in [0.2, 0.25) is 0 Å². The predicted molar refractivity (Wildman–Crippen MR) is 77.6 cm³/mol. The summed E-state index contributed by atoms with van der Waals surface area (Å²) in [4.78, 5) is 12.1. The van der Waals surface area contributed by atoms with Gasteiger partial charge in [0.05, 0.1) is 5.56 Å². The molecule has 0 aliphatic heterocycles. The third-order valence-corrected chi connectivity index (χ3v) is 4.90. The van der Waals surface area contributed by atoms with E-state index in [2.05, 4.69) is 28.2 Å². The molecule has 2 rings (SSSR count). The molecule has 104 valence electrons. The minimum atomic E-state index is -0.389. The summed E-state index contributed by atoms with van der Waals surface area (Å²) < 4.78 is 13.8. The van der Waals surface area contributed by atoms with Crippen LogP contribution in [0.1, 0.15) is 49.4 Å². The molecule has 19 heavy (non-hydrogen) atoms. The van der Waals surface area contributed by atoms with Gasteiger partial charge in [-0.15, -0.1) is 0 Å². The quantitative estimate of drug-likeness (QED) is 0.878. The highest BCUT2D eigenvalue weighted by atomic mass is 79.9. The van der Waals surface area contributed by atoms with Gasteiger partial charge in [0.1, 0.15) is 5.82 Å². The first-order valence-corrected chi connectivity index (χ1v) is 7.59. The fourth-order valence-corrected chi connectivity index (χ4v) is 3.24. The highest BCUT2D eigenvalue weighted by Gasteiger charge is 2.32. The minimum Gasteiger partial charge on any atom is -0.351 e. The molecule has 1 N–H and O–H groups in total. The van der Waals surface area contributed by atoms with E-state index in [-0.39, 0.29) is 17.1 Å². The zero-order chi connectivity index (χ0) is 13.9. The average molecular weight is 328 g/mol. The molecular weight excluding hydrogens is 309 g/mol. The van der Waals surface area contributed by atoms with E-state index in [0.717, 1.165) is 6.42 Å². The molecule has 4 heteroatoms.